The van der Waals surface area contributed by atoms with E-state index in [4.69, 9.17) is 4.74 Å². The lowest BCUT2D eigenvalue weighted by molar-refractivity contribution is -0.143. The highest BCUT2D eigenvalue weighted by atomic mass is 19.1. The molecule has 1 saturated heterocycles. The first kappa shape index (κ1) is 19.1. The number of anilines is 1. The number of hydrogen-bond donors (Lipinski definition) is 1. The molecule has 1 aromatic heterocycles. The van der Waals surface area contributed by atoms with E-state index in [1.54, 1.807) is 6.33 Å². The molecule has 1 N–H and O–H groups in total. The van der Waals surface area contributed by atoms with E-state index in [-0.39, 0.29) is 0 Å². The zero-order chi connectivity index (χ0) is 20.4. The van der Waals surface area contributed by atoms with Crippen molar-refractivity contribution >= 4 is 22.7 Å². The highest BCUT2D eigenvalue weighted by Gasteiger charge is 2.33. The van der Waals surface area contributed by atoms with Crippen LogP contribution in [0.5, 0.6) is 5.75 Å². The van der Waals surface area contributed by atoms with Gasteiger partial charge in [0, 0.05) is 37.1 Å². The molecule has 7 nitrogen and oxygen atoms in total. The van der Waals surface area contributed by atoms with Crippen molar-refractivity contribution in [3.63, 3.8) is 0 Å². The quantitative estimate of drug-likeness (QED) is 0.710. The molecule has 0 aliphatic carbocycles. The van der Waals surface area contributed by atoms with Crippen LogP contribution in [-0.2, 0) is 4.79 Å². The number of nitrogens with zero attached hydrogens (tertiary/aromatic N) is 4. The van der Waals surface area contributed by atoms with Gasteiger partial charge in [-0.15, -0.1) is 0 Å². The van der Waals surface area contributed by atoms with Crippen LogP contribution in [0.3, 0.4) is 0 Å². The van der Waals surface area contributed by atoms with Crippen molar-refractivity contribution in [2.24, 2.45) is 0 Å². The Morgan fingerprint density at radius 1 is 1.14 bits per heavy atom. The van der Waals surface area contributed by atoms with Gasteiger partial charge in [0.25, 0.3) is 0 Å². The molecule has 0 radical (unpaired) electrons. The second-order valence-corrected chi connectivity index (χ2v) is 6.86. The summed E-state index contributed by atoms with van der Waals surface area (Å²) in [4.78, 5) is 24.7. The number of halogens is 1. The Balaban J connectivity index is 1.58. The largest absolute Gasteiger partial charge is 0.496 e. The predicted octanol–water partition coefficient (Wildman–Crippen LogP) is 2.73. The summed E-state index contributed by atoms with van der Waals surface area (Å²) >= 11 is 0. The van der Waals surface area contributed by atoms with E-state index in [0.717, 1.165) is 16.7 Å². The van der Waals surface area contributed by atoms with Crippen LogP contribution >= 0.6 is 0 Å². The van der Waals surface area contributed by atoms with Crippen molar-refractivity contribution in [2.45, 2.75) is 6.04 Å². The summed E-state index contributed by atoms with van der Waals surface area (Å²) in [5.74, 6) is -0.318. The third-order valence-electron chi connectivity index (χ3n) is 5.22. The maximum atomic E-state index is 13.8. The Morgan fingerprint density at radius 3 is 2.62 bits per heavy atom. The fourth-order valence-electron chi connectivity index (χ4n) is 3.84. The molecule has 1 unspecified atom stereocenters. The van der Waals surface area contributed by atoms with Crippen molar-refractivity contribution in [1.82, 2.24) is 14.9 Å². The van der Waals surface area contributed by atoms with E-state index in [2.05, 4.69) is 14.9 Å². The third-order valence-corrected chi connectivity index (χ3v) is 5.22. The second-order valence-electron chi connectivity index (χ2n) is 6.86. The van der Waals surface area contributed by atoms with Gasteiger partial charge in [-0.05, 0) is 30.3 Å². The van der Waals surface area contributed by atoms with Crippen LogP contribution < -0.4 is 9.64 Å². The monoisotopic (exact) mass is 396 g/mol. The summed E-state index contributed by atoms with van der Waals surface area (Å²) in [5, 5.41) is 10.8. The van der Waals surface area contributed by atoms with E-state index in [1.165, 1.54) is 25.3 Å². The summed E-state index contributed by atoms with van der Waals surface area (Å²) in [5.41, 5.74) is 1.19. The van der Waals surface area contributed by atoms with Gasteiger partial charge in [-0.25, -0.2) is 14.4 Å². The van der Waals surface area contributed by atoms with E-state index >= 15 is 0 Å². The number of rotatable bonds is 5. The molecule has 0 bridgehead atoms. The van der Waals surface area contributed by atoms with Gasteiger partial charge < -0.3 is 14.7 Å². The Hall–Kier alpha value is -3.26. The lowest BCUT2D eigenvalue weighted by Gasteiger charge is -2.38. The molecule has 0 amide bonds. The van der Waals surface area contributed by atoms with Gasteiger partial charge in [0.2, 0.25) is 0 Å². The number of carboxylic acid groups (broad SMARTS) is 1. The van der Waals surface area contributed by atoms with Gasteiger partial charge in [-0.2, -0.15) is 0 Å². The minimum Gasteiger partial charge on any atom is -0.496 e. The Labute approximate surface area is 167 Å². The number of fused-ring (bicyclic) bond motifs is 1. The SMILES string of the molecule is COc1ccc(F)cc1C(C(=O)O)N1CCN(c2ncnc3ccccc23)CC1. The van der Waals surface area contributed by atoms with Gasteiger partial charge in [-0.3, -0.25) is 9.69 Å². The van der Waals surface area contributed by atoms with Crippen molar-refractivity contribution in [3.05, 3.63) is 60.2 Å². The highest BCUT2D eigenvalue weighted by Crippen LogP contribution is 2.32. The molecule has 4 rings (SSSR count). The number of ether oxygens (including phenoxy) is 1. The standard InChI is InChI=1S/C21H21FN4O3/c1-29-18-7-6-14(22)12-16(18)19(21(27)28)25-8-10-26(11-9-25)20-15-4-2-3-5-17(15)23-13-24-20/h2-7,12-13,19H,8-11H2,1H3,(H,27,28). The minimum absolute atomic E-state index is 0.320. The Bertz CT molecular complexity index is 1030. The molecule has 0 spiro atoms. The van der Waals surface area contributed by atoms with Crippen LogP contribution in [0.1, 0.15) is 11.6 Å². The van der Waals surface area contributed by atoms with E-state index in [9.17, 15) is 14.3 Å². The summed E-state index contributed by atoms with van der Waals surface area (Å²) in [6.45, 7) is 2.19. The molecule has 2 heterocycles. The fraction of sp³-hybridized carbons (Fsp3) is 0.286. The molecule has 150 valence electrons. The lowest BCUT2D eigenvalue weighted by Crippen LogP contribution is -2.49. The third kappa shape index (κ3) is 3.71. The van der Waals surface area contributed by atoms with Gasteiger partial charge >= 0.3 is 5.97 Å². The number of para-hydroxylation sites is 1. The molecule has 29 heavy (non-hydrogen) atoms. The van der Waals surface area contributed by atoms with Crippen LogP contribution in [0.25, 0.3) is 10.9 Å². The van der Waals surface area contributed by atoms with Gasteiger partial charge in [-0.1, -0.05) is 12.1 Å². The van der Waals surface area contributed by atoms with E-state index in [1.807, 2.05) is 29.2 Å². The first-order valence-electron chi connectivity index (χ1n) is 9.33. The minimum atomic E-state index is -1.03. The summed E-state index contributed by atoms with van der Waals surface area (Å²) in [6.07, 6.45) is 1.54. The number of hydrogen-bond acceptors (Lipinski definition) is 6. The topological polar surface area (TPSA) is 78.8 Å². The summed E-state index contributed by atoms with van der Waals surface area (Å²) in [7, 11) is 1.45. The smallest absolute Gasteiger partial charge is 0.325 e. The number of carboxylic acids is 1. The van der Waals surface area contributed by atoms with E-state index < -0.39 is 17.8 Å². The van der Waals surface area contributed by atoms with Crippen molar-refractivity contribution in [3.8, 4) is 5.75 Å². The number of aromatic nitrogens is 2. The van der Waals surface area contributed by atoms with Crippen molar-refractivity contribution in [1.29, 1.82) is 0 Å². The van der Waals surface area contributed by atoms with Crippen molar-refractivity contribution < 1.29 is 19.0 Å². The molecule has 8 heteroatoms. The Morgan fingerprint density at radius 2 is 1.90 bits per heavy atom. The fourth-order valence-corrected chi connectivity index (χ4v) is 3.84. The number of aliphatic carboxylic acids is 1. The highest BCUT2D eigenvalue weighted by molar-refractivity contribution is 5.89. The first-order valence-corrected chi connectivity index (χ1v) is 9.33. The molecular formula is C21H21FN4O3. The van der Waals surface area contributed by atoms with Crippen LogP contribution in [-0.4, -0.2) is 59.2 Å². The number of benzene rings is 2. The average Bonchev–Trinajstić information content (AvgIpc) is 2.74. The number of piperazine rings is 1. The molecular weight excluding hydrogens is 375 g/mol. The average molecular weight is 396 g/mol. The molecule has 1 aliphatic heterocycles. The first-order chi connectivity index (χ1) is 14.1. The van der Waals surface area contributed by atoms with Crippen LogP contribution in [0.15, 0.2) is 48.8 Å². The van der Waals surface area contributed by atoms with Crippen LogP contribution in [0, 0.1) is 5.82 Å². The maximum Gasteiger partial charge on any atom is 0.325 e. The van der Waals surface area contributed by atoms with Gasteiger partial charge in [0.05, 0.1) is 12.6 Å². The predicted molar refractivity (Wildman–Crippen MR) is 107 cm³/mol. The second kappa shape index (κ2) is 8.00. The van der Waals surface area contributed by atoms with E-state index in [0.29, 0.717) is 37.5 Å². The van der Waals surface area contributed by atoms with Crippen LogP contribution in [0.2, 0.25) is 0 Å². The van der Waals surface area contributed by atoms with Gasteiger partial charge in [0.1, 0.15) is 29.8 Å². The lowest BCUT2D eigenvalue weighted by atomic mass is 10.0. The summed E-state index contributed by atoms with van der Waals surface area (Å²) < 4.78 is 19.1. The Kier molecular flexibility index (Phi) is 5.26. The zero-order valence-corrected chi connectivity index (χ0v) is 16.0. The number of methoxy groups -OCH3 is 1. The van der Waals surface area contributed by atoms with Crippen LogP contribution in [0.4, 0.5) is 10.2 Å². The number of carbonyl (C=O) groups is 1. The molecule has 1 atom stereocenters. The molecule has 2 aromatic carbocycles. The molecule has 0 saturated carbocycles. The maximum absolute atomic E-state index is 13.8. The summed E-state index contributed by atoms with van der Waals surface area (Å²) in [6, 6.07) is 10.8. The zero-order valence-electron chi connectivity index (χ0n) is 16.0. The molecule has 1 aliphatic rings. The van der Waals surface area contributed by atoms with Gasteiger partial charge in [0.15, 0.2) is 0 Å². The molecule has 3 aromatic rings. The molecule has 1 fully saturated rings. The normalized spacial score (nSPS) is 16.0. The van der Waals surface area contributed by atoms with Crippen molar-refractivity contribution in [2.75, 3.05) is 38.2 Å².